The molecule has 7 aromatic rings. The van der Waals surface area contributed by atoms with E-state index in [4.69, 9.17) is 0 Å². The Morgan fingerprint density at radius 3 is 1.79 bits per heavy atom. The predicted molar refractivity (Wildman–Crippen MR) is 165 cm³/mol. The van der Waals surface area contributed by atoms with Gasteiger partial charge in [-0.15, -0.1) is 11.3 Å². The van der Waals surface area contributed by atoms with Crippen molar-refractivity contribution in [2.75, 3.05) is 0 Å². The maximum absolute atomic E-state index is 11.6. The molecule has 0 saturated heterocycles. The number of carbonyl (C=O) groups is 2. The van der Waals surface area contributed by atoms with Gasteiger partial charge in [-0.1, -0.05) is 60.7 Å². The first kappa shape index (κ1) is 27.4. The minimum Gasteiger partial charge on any atom is -0.507 e. The van der Waals surface area contributed by atoms with Crippen molar-refractivity contribution < 1.29 is 30.0 Å². The van der Waals surface area contributed by atoms with Crippen molar-refractivity contribution >= 4 is 55.9 Å². The van der Waals surface area contributed by atoms with E-state index in [0.717, 1.165) is 22.6 Å². The molecule has 5 aromatic carbocycles. The lowest BCUT2D eigenvalue weighted by Gasteiger charge is -2.16. The molecule has 0 fully saturated rings. The number of phenols is 2. The number of carboxylic acid groups (broad SMARTS) is 2. The van der Waals surface area contributed by atoms with Crippen molar-refractivity contribution in [2.45, 2.75) is 6.42 Å². The summed E-state index contributed by atoms with van der Waals surface area (Å²) in [4.78, 5) is 35.1. The van der Waals surface area contributed by atoms with Crippen LogP contribution in [-0.4, -0.2) is 47.3 Å². The molecule has 0 unspecified atom stereocenters. The van der Waals surface area contributed by atoms with E-state index in [1.165, 1.54) is 12.1 Å². The second-order valence-electron chi connectivity index (χ2n) is 9.71. The van der Waals surface area contributed by atoms with Crippen LogP contribution in [0.4, 0.5) is 0 Å². The van der Waals surface area contributed by atoms with Crippen LogP contribution in [0.3, 0.4) is 0 Å². The summed E-state index contributed by atoms with van der Waals surface area (Å²) in [6.07, 6.45) is -0.0407. The molecule has 0 amide bonds. The van der Waals surface area contributed by atoms with Crippen molar-refractivity contribution in [1.29, 1.82) is 0 Å². The number of rotatable bonds is 5. The van der Waals surface area contributed by atoms with Gasteiger partial charge in [-0.25, -0.2) is 19.6 Å². The standard InChI is InChI=1S/C23H16O6.C10H7N3S/c24-20-16(14-7-3-1-5-12(14)9-18(20)22(26)27)11-17-15-8-4-2-6-13(15)10-19(21(17)25)23(28)29;1-2-4-8-7(3-1)12-10(13-8)9-5-14-6-11-9/h1-10,24-25H,11H2,(H,26,27)(H,28,29);1-6H,(H,12,13). The first-order chi connectivity index (χ1) is 20.8. The zero-order valence-electron chi connectivity index (χ0n) is 22.4. The van der Waals surface area contributed by atoms with E-state index in [-0.39, 0.29) is 17.5 Å². The van der Waals surface area contributed by atoms with Crippen LogP contribution < -0.4 is 0 Å². The molecule has 212 valence electrons. The number of H-pyrrole nitrogens is 1. The highest BCUT2D eigenvalue weighted by Gasteiger charge is 2.22. The lowest BCUT2D eigenvalue weighted by molar-refractivity contribution is 0.0682. The molecule has 0 atom stereocenters. The van der Waals surface area contributed by atoms with Gasteiger partial charge in [-0.3, -0.25) is 0 Å². The van der Waals surface area contributed by atoms with Crippen molar-refractivity contribution in [3.63, 3.8) is 0 Å². The highest BCUT2D eigenvalue weighted by atomic mass is 32.1. The van der Waals surface area contributed by atoms with Gasteiger partial charge in [0.1, 0.15) is 28.3 Å². The first-order valence-electron chi connectivity index (χ1n) is 13.1. The molecule has 0 bridgehead atoms. The van der Waals surface area contributed by atoms with Gasteiger partial charge in [0, 0.05) is 22.9 Å². The van der Waals surface area contributed by atoms with Gasteiger partial charge < -0.3 is 25.4 Å². The Hall–Kier alpha value is -5.74. The number of nitrogens with one attached hydrogen (secondary N) is 1. The quantitative estimate of drug-likeness (QED) is 0.143. The summed E-state index contributed by atoms with van der Waals surface area (Å²) in [6.45, 7) is 0. The fraction of sp³-hybridized carbons (Fsp3) is 0.0303. The van der Waals surface area contributed by atoms with Crippen LogP contribution >= 0.6 is 11.3 Å². The molecule has 2 heterocycles. The van der Waals surface area contributed by atoms with Gasteiger partial charge in [0.25, 0.3) is 0 Å². The van der Waals surface area contributed by atoms with Crippen molar-refractivity contribution in [3.8, 4) is 23.0 Å². The number of hydrogen-bond acceptors (Lipinski definition) is 7. The number of para-hydroxylation sites is 2. The highest BCUT2D eigenvalue weighted by molar-refractivity contribution is 7.07. The molecule has 2 aromatic heterocycles. The zero-order valence-corrected chi connectivity index (χ0v) is 23.2. The first-order valence-corrected chi connectivity index (χ1v) is 14.0. The maximum Gasteiger partial charge on any atom is 0.339 e. The van der Waals surface area contributed by atoms with Gasteiger partial charge in [0.2, 0.25) is 0 Å². The summed E-state index contributed by atoms with van der Waals surface area (Å²) in [6, 6.07) is 24.7. The smallest absolute Gasteiger partial charge is 0.339 e. The molecular formula is C33H23N3O6S. The van der Waals surface area contributed by atoms with Gasteiger partial charge in [0.05, 0.1) is 16.5 Å². The minimum absolute atomic E-state index is 0.0407. The van der Waals surface area contributed by atoms with Crippen molar-refractivity contribution in [2.24, 2.45) is 0 Å². The largest absolute Gasteiger partial charge is 0.507 e. The Bertz CT molecular complexity index is 2020. The summed E-state index contributed by atoms with van der Waals surface area (Å²) in [5, 5.41) is 44.8. The monoisotopic (exact) mass is 589 g/mol. The lowest BCUT2D eigenvalue weighted by Crippen LogP contribution is -2.04. The maximum atomic E-state index is 11.6. The topological polar surface area (TPSA) is 157 Å². The third-order valence-electron chi connectivity index (χ3n) is 7.13. The van der Waals surface area contributed by atoms with Gasteiger partial charge >= 0.3 is 11.9 Å². The number of aromatic nitrogens is 3. The van der Waals surface area contributed by atoms with Crippen LogP contribution in [0.1, 0.15) is 31.8 Å². The zero-order chi connectivity index (χ0) is 30.1. The number of carboxylic acids is 2. The lowest BCUT2D eigenvalue weighted by atomic mass is 9.90. The van der Waals surface area contributed by atoms with Crippen LogP contribution in [-0.2, 0) is 6.42 Å². The minimum atomic E-state index is -1.28. The molecule has 7 rings (SSSR count). The molecule has 0 saturated carbocycles. The normalized spacial score (nSPS) is 11.0. The Balaban J connectivity index is 0.000000195. The molecule has 5 N–H and O–H groups in total. The Morgan fingerprint density at radius 2 is 1.28 bits per heavy atom. The number of nitrogens with zero attached hydrogens (tertiary/aromatic N) is 2. The number of imidazole rings is 1. The number of hydrogen-bond donors (Lipinski definition) is 5. The van der Waals surface area contributed by atoms with Crippen molar-refractivity contribution in [3.05, 3.63) is 118 Å². The summed E-state index contributed by atoms with van der Waals surface area (Å²) in [5.74, 6) is -2.51. The number of aromatic hydroxyl groups is 2. The molecule has 0 aliphatic carbocycles. The fourth-order valence-electron chi connectivity index (χ4n) is 5.09. The summed E-state index contributed by atoms with van der Waals surface area (Å²) in [7, 11) is 0. The number of fused-ring (bicyclic) bond motifs is 3. The number of thiazole rings is 1. The average molecular weight is 590 g/mol. The predicted octanol–water partition coefficient (Wildman–Crippen LogP) is 7.08. The van der Waals surface area contributed by atoms with Crippen LogP contribution in [0, 0.1) is 0 Å². The average Bonchev–Trinajstić information content (AvgIpc) is 3.70. The highest BCUT2D eigenvalue weighted by Crippen LogP contribution is 2.38. The summed E-state index contributed by atoms with van der Waals surface area (Å²) >= 11 is 1.57. The van der Waals surface area contributed by atoms with E-state index in [0.29, 0.717) is 32.7 Å². The number of aromatic amines is 1. The van der Waals surface area contributed by atoms with Gasteiger partial charge in [-0.2, -0.15) is 0 Å². The summed E-state index contributed by atoms with van der Waals surface area (Å²) in [5.41, 5.74) is 4.86. The number of aromatic carboxylic acids is 2. The SMILES string of the molecule is O=C(O)c1cc2ccccc2c(Cc2c(O)c(C(=O)O)cc3ccccc23)c1O.c1ccc2[nH]c(-c3cscn3)nc2c1. The molecule has 9 nitrogen and oxygen atoms in total. The Morgan fingerprint density at radius 1 is 0.744 bits per heavy atom. The van der Waals surface area contributed by atoms with Crippen LogP contribution in [0.2, 0.25) is 0 Å². The molecular weight excluding hydrogens is 566 g/mol. The molecule has 43 heavy (non-hydrogen) atoms. The number of benzene rings is 5. The third kappa shape index (κ3) is 5.22. The van der Waals surface area contributed by atoms with E-state index >= 15 is 0 Å². The van der Waals surface area contributed by atoms with E-state index < -0.39 is 23.4 Å². The summed E-state index contributed by atoms with van der Waals surface area (Å²) < 4.78 is 0. The molecule has 0 radical (unpaired) electrons. The fourth-order valence-corrected chi connectivity index (χ4v) is 5.62. The van der Waals surface area contributed by atoms with E-state index in [9.17, 15) is 30.0 Å². The van der Waals surface area contributed by atoms with Gasteiger partial charge in [0.15, 0.2) is 5.82 Å². The molecule has 0 spiro atoms. The Labute approximate surface area is 248 Å². The molecule has 10 heteroatoms. The van der Waals surface area contributed by atoms with Crippen LogP contribution in [0.15, 0.2) is 95.8 Å². The molecule has 0 aliphatic heterocycles. The Kier molecular flexibility index (Phi) is 7.19. The third-order valence-corrected chi connectivity index (χ3v) is 7.72. The van der Waals surface area contributed by atoms with Crippen molar-refractivity contribution in [1.82, 2.24) is 15.0 Å². The van der Waals surface area contributed by atoms with E-state index in [1.54, 1.807) is 59.9 Å². The van der Waals surface area contributed by atoms with E-state index in [1.807, 2.05) is 35.2 Å². The second-order valence-corrected chi connectivity index (χ2v) is 10.4. The van der Waals surface area contributed by atoms with Crippen LogP contribution in [0.5, 0.6) is 11.5 Å². The van der Waals surface area contributed by atoms with Crippen LogP contribution in [0.25, 0.3) is 44.1 Å². The van der Waals surface area contributed by atoms with Gasteiger partial charge in [-0.05, 0) is 45.8 Å². The van der Waals surface area contributed by atoms with E-state index in [2.05, 4.69) is 15.0 Å². The molecule has 0 aliphatic rings. The second kappa shape index (κ2) is 11.3.